The average Bonchev–Trinajstić information content (AvgIpc) is 2.59. The molecule has 1 aliphatic heterocycles. The van der Waals surface area contributed by atoms with E-state index in [4.69, 9.17) is 25.8 Å². The molecule has 0 unspecified atom stereocenters. The number of hydrogen-bond acceptors (Lipinski definition) is 5. The molecule has 2 aromatic carbocycles. The minimum absolute atomic E-state index is 0.149. The summed E-state index contributed by atoms with van der Waals surface area (Å²) in [4.78, 5) is 0. The summed E-state index contributed by atoms with van der Waals surface area (Å²) in [6.45, 7) is 2.52. The minimum Gasteiger partial charge on any atom is -0.504 e. The molecule has 3 rings (SSSR count). The molecule has 6 heteroatoms. The van der Waals surface area contributed by atoms with Crippen LogP contribution in [0, 0.1) is 0 Å². The molecule has 0 amide bonds. The van der Waals surface area contributed by atoms with E-state index in [0.29, 0.717) is 42.0 Å². The molecule has 2 aromatic rings. The fourth-order valence-corrected chi connectivity index (χ4v) is 2.91. The number of phenols is 1. The lowest BCUT2D eigenvalue weighted by Crippen LogP contribution is -2.18. The summed E-state index contributed by atoms with van der Waals surface area (Å²) in [5, 5.41) is 13.7. The van der Waals surface area contributed by atoms with Gasteiger partial charge in [-0.05, 0) is 48.4 Å². The molecule has 0 saturated carbocycles. The largest absolute Gasteiger partial charge is 0.504 e. The highest BCUT2D eigenvalue weighted by atomic mass is 35.5. The van der Waals surface area contributed by atoms with Crippen LogP contribution in [0.4, 0.5) is 0 Å². The fraction of sp³-hybridized carbons (Fsp3) is 0.333. The Labute approximate surface area is 146 Å². The van der Waals surface area contributed by atoms with Crippen LogP contribution in [-0.2, 0) is 13.0 Å². The van der Waals surface area contributed by atoms with E-state index >= 15 is 0 Å². The lowest BCUT2D eigenvalue weighted by molar-refractivity contribution is 0.171. The number of hydrogen-bond donors (Lipinski definition) is 2. The standard InChI is InChI=1S/C18H20ClNO4/c1-22-16-3-2-13(9-15(16)21)11-20-5-4-12-8-14(19)18-17(10-12)23-6-7-24-18/h2-3,8-10,20-21H,4-7,11H2,1H3. The predicted molar refractivity (Wildman–Crippen MR) is 92.5 cm³/mol. The van der Waals surface area contributed by atoms with Gasteiger partial charge in [0.05, 0.1) is 12.1 Å². The van der Waals surface area contributed by atoms with Crippen LogP contribution >= 0.6 is 11.6 Å². The Hall–Kier alpha value is -2.11. The molecule has 2 N–H and O–H groups in total. The molecule has 0 radical (unpaired) electrons. The van der Waals surface area contributed by atoms with Crippen LogP contribution in [0.2, 0.25) is 5.02 Å². The zero-order chi connectivity index (χ0) is 16.9. The van der Waals surface area contributed by atoms with Crippen molar-refractivity contribution in [1.82, 2.24) is 5.32 Å². The lowest BCUT2D eigenvalue weighted by Gasteiger charge is -2.20. The topological polar surface area (TPSA) is 60.0 Å². The number of aromatic hydroxyl groups is 1. The molecule has 0 aromatic heterocycles. The van der Waals surface area contributed by atoms with Gasteiger partial charge in [0.1, 0.15) is 13.2 Å². The Morgan fingerprint density at radius 3 is 2.79 bits per heavy atom. The smallest absolute Gasteiger partial charge is 0.179 e. The van der Waals surface area contributed by atoms with Crippen molar-refractivity contribution in [3.63, 3.8) is 0 Å². The highest BCUT2D eigenvalue weighted by Gasteiger charge is 2.16. The van der Waals surface area contributed by atoms with Crippen molar-refractivity contribution in [2.45, 2.75) is 13.0 Å². The summed E-state index contributed by atoms with van der Waals surface area (Å²) in [6.07, 6.45) is 0.818. The van der Waals surface area contributed by atoms with E-state index in [-0.39, 0.29) is 5.75 Å². The second-order valence-corrected chi connectivity index (χ2v) is 5.94. The monoisotopic (exact) mass is 349 g/mol. The van der Waals surface area contributed by atoms with E-state index in [2.05, 4.69) is 5.32 Å². The number of ether oxygens (including phenoxy) is 3. The summed E-state index contributed by atoms with van der Waals surface area (Å²) < 4.78 is 16.1. The van der Waals surface area contributed by atoms with Gasteiger partial charge in [0, 0.05) is 6.54 Å². The first-order valence-electron chi connectivity index (χ1n) is 7.82. The van der Waals surface area contributed by atoms with E-state index in [1.54, 1.807) is 12.1 Å². The Bertz CT molecular complexity index is 720. The third kappa shape index (κ3) is 3.86. The molecule has 0 atom stereocenters. The molecule has 1 aliphatic rings. The number of nitrogens with one attached hydrogen (secondary N) is 1. The van der Waals surface area contributed by atoms with Crippen molar-refractivity contribution in [2.75, 3.05) is 26.9 Å². The van der Waals surface area contributed by atoms with Gasteiger partial charge in [-0.25, -0.2) is 0 Å². The number of phenolic OH excluding ortho intramolecular Hbond substituents is 1. The van der Waals surface area contributed by atoms with Crippen LogP contribution in [0.15, 0.2) is 30.3 Å². The molecule has 128 valence electrons. The molecule has 0 saturated heterocycles. The third-order valence-electron chi connectivity index (χ3n) is 3.82. The highest BCUT2D eigenvalue weighted by Crippen LogP contribution is 2.38. The second kappa shape index (κ2) is 7.64. The number of halogens is 1. The molecular formula is C18H20ClNO4. The molecule has 5 nitrogen and oxygen atoms in total. The van der Waals surface area contributed by atoms with Crippen LogP contribution in [0.5, 0.6) is 23.0 Å². The van der Waals surface area contributed by atoms with Gasteiger partial charge >= 0.3 is 0 Å². The number of methoxy groups -OCH3 is 1. The maximum atomic E-state index is 9.78. The van der Waals surface area contributed by atoms with Crippen molar-refractivity contribution < 1.29 is 19.3 Å². The summed E-state index contributed by atoms with van der Waals surface area (Å²) in [7, 11) is 1.53. The van der Waals surface area contributed by atoms with Crippen LogP contribution in [0.25, 0.3) is 0 Å². The lowest BCUT2D eigenvalue weighted by atomic mass is 10.1. The fourth-order valence-electron chi connectivity index (χ4n) is 2.62. The van der Waals surface area contributed by atoms with Gasteiger partial charge in [0.25, 0.3) is 0 Å². The summed E-state index contributed by atoms with van der Waals surface area (Å²) in [6, 6.07) is 9.27. The maximum Gasteiger partial charge on any atom is 0.179 e. The van der Waals surface area contributed by atoms with Crippen LogP contribution in [0.1, 0.15) is 11.1 Å². The minimum atomic E-state index is 0.149. The third-order valence-corrected chi connectivity index (χ3v) is 4.10. The number of benzene rings is 2. The first kappa shape index (κ1) is 16.7. The number of fused-ring (bicyclic) bond motifs is 1. The molecular weight excluding hydrogens is 330 g/mol. The quantitative estimate of drug-likeness (QED) is 0.784. The Morgan fingerprint density at radius 1 is 1.17 bits per heavy atom. The summed E-state index contributed by atoms with van der Waals surface area (Å²) >= 11 is 6.24. The van der Waals surface area contributed by atoms with Crippen molar-refractivity contribution in [3.8, 4) is 23.0 Å². The summed E-state index contributed by atoms with van der Waals surface area (Å²) in [5.74, 6) is 1.97. The molecule has 0 aliphatic carbocycles. The van der Waals surface area contributed by atoms with Crippen LogP contribution in [-0.4, -0.2) is 32.0 Å². The zero-order valence-electron chi connectivity index (χ0n) is 13.5. The van der Waals surface area contributed by atoms with Gasteiger partial charge in [0.15, 0.2) is 23.0 Å². The van der Waals surface area contributed by atoms with Gasteiger partial charge < -0.3 is 24.6 Å². The average molecular weight is 350 g/mol. The molecule has 0 fully saturated rings. The predicted octanol–water partition coefficient (Wildman–Crippen LogP) is 3.16. The Kier molecular flexibility index (Phi) is 5.33. The highest BCUT2D eigenvalue weighted by molar-refractivity contribution is 6.32. The van der Waals surface area contributed by atoms with E-state index in [1.165, 1.54) is 7.11 Å². The van der Waals surface area contributed by atoms with E-state index in [1.807, 2.05) is 18.2 Å². The Morgan fingerprint density at radius 2 is 2.00 bits per heavy atom. The molecule has 0 spiro atoms. The van der Waals surface area contributed by atoms with Gasteiger partial charge in [-0.1, -0.05) is 17.7 Å². The second-order valence-electron chi connectivity index (χ2n) is 5.53. The SMILES string of the molecule is COc1ccc(CNCCc2cc(Cl)c3c(c2)OCCO3)cc1O. The van der Waals surface area contributed by atoms with Gasteiger partial charge in [-0.3, -0.25) is 0 Å². The van der Waals surface area contributed by atoms with Gasteiger partial charge in [-0.2, -0.15) is 0 Å². The van der Waals surface area contributed by atoms with Gasteiger partial charge in [-0.15, -0.1) is 0 Å². The van der Waals surface area contributed by atoms with Crippen molar-refractivity contribution in [1.29, 1.82) is 0 Å². The number of rotatable bonds is 6. The first-order valence-corrected chi connectivity index (χ1v) is 8.20. The van der Waals surface area contributed by atoms with E-state index in [0.717, 1.165) is 24.1 Å². The normalized spacial score (nSPS) is 12.9. The zero-order valence-corrected chi connectivity index (χ0v) is 14.2. The van der Waals surface area contributed by atoms with Crippen molar-refractivity contribution >= 4 is 11.6 Å². The van der Waals surface area contributed by atoms with E-state index in [9.17, 15) is 5.11 Å². The van der Waals surface area contributed by atoms with Crippen LogP contribution < -0.4 is 19.5 Å². The summed E-state index contributed by atoms with van der Waals surface area (Å²) in [5.41, 5.74) is 2.09. The van der Waals surface area contributed by atoms with Gasteiger partial charge in [0.2, 0.25) is 0 Å². The molecule has 0 bridgehead atoms. The van der Waals surface area contributed by atoms with Crippen molar-refractivity contribution in [2.24, 2.45) is 0 Å². The van der Waals surface area contributed by atoms with E-state index < -0.39 is 0 Å². The Balaban J connectivity index is 1.53. The molecule has 24 heavy (non-hydrogen) atoms. The van der Waals surface area contributed by atoms with Crippen molar-refractivity contribution in [3.05, 3.63) is 46.5 Å². The van der Waals surface area contributed by atoms with Crippen LogP contribution in [0.3, 0.4) is 0 Å². The first-order chi connectivity index (χ1) is 11.7. The maximum absolute atomic E-state index is 9.78. The molecule has 1 heterocycles.